The third-order valence-electron chi connectivity index (χ3n) is 6.35. The lowest BCUT2D eigenvalue weighted by Gasteiger charge is -2.34. The van der Waals surface area contributed by atoms with E-state index in [1.54, 1.807) is 0 Å². The molecule has 2 atom stereocenters. The van der Waals surface area contributed by atoms with E-state index >= 15 is 0 Å². The molecule has 1 aromatic carbocycles. The number of aryl methyl sites for hydroxylation is 2. The number of ether oxygens (including phenoxy) is 1. The highest BCUT2D eigenvalue weighted by Gasteiger charge is 2.58. The van der Waals surface area contributed by atoms with Crippen LogP contribution in [0.1, 0.15) is 36.8 Å². The molecule has 0 radical (unpaired) electrons. The number of carbonyl (C=O) groups excluding carboxylic acids is 2. The maximum Gasteiger partial charge on any atom is 0.228 e. The predicted octanol–water partition coefficient (Wildman–Crippen LogP) is 2.91. The summed E-state index contributed by atoms with van der Waals surface area (Å²) in [4.78, 5) is 27.2. The van der Waals surface area contributed by atoms with Crippen LogP contribution in [0.5, 0.6) is 0 Å². The van der Waals surface area contributed by atoms with Crippen molar-refractivity contribution in [3.8, 4) is 0 Å². The molecule has 1 saturated carbocycles. The molecule has 1 aromatic rings. The molecule has 2 heterocycles. The van der Waals surface area contributed by atoms with Gasteiger partial charge < -0.3 is 15.0 Å². The second-order valence-electron chi connectivity index (χ2n) is 8.37. The number of anilines is 1. The van der Waals surface area contributed by atoms with Gasteiger partial charge in [-0.25, -0.2) is 0 Å². The van der Waals surface area contributed by atoms with Gasteiger partial charge in [0.25, 0.3) is 0 Å². The summed E-state index contributed by atoms with van der Waals surface area (Å²) in [5.74, 6) is 0.524. The van der Waals surface area contributed by atoms with Gasteiger partial charge in [0.15, 0.2) is 0 Å². The molecule has 5 nitrogen and oxygen atoms in total. The average molecular weight is 356 g/mol. The SMILES string of the molecule is Cc1cc(C)cc(NC(=O)C2CC23CCN(C(=O)C2CCOC2)CC3)c1. The Hall–Kier alpha value is -1.88. The van der Waals surface area contributed by atoms with Gasteiger partial charge >= 0.3 is 0 Å². The van der Waals surface area contributed by atoms with E-state index in [0.717, 1.165) is 55.6 Å². The lowest BCUT2D eigenvalue weighted by Crippen LogP contribution is -2.43. The Balaban J connectivity index is 1.32. The zero-order chi connectivity index (χ0) is 18.3. The number of amides is 2. The topological polar surface area (TPSA) is 58.6 Å². The first kappa shape index (κ1) is 17.5. The van der Waals surface area contributed by atoms with Crippen LogP contribution in [-0.2, 0) is 14.3 Å². The quantitative estimate of drug-likeness (QED) is 0.906. The normalized spacial score (nSPS) is 26.8. The third-order valence-corrected chi connectivity index (χ3v) is 6.35. The standard InChI is InChI=1S/C21H28N2O3/c1-14-9-15(2)11-17(10-14)22-19(24)18-12-21(18)4-6-23(7-5-21)20(25)16-3-8-26-13-16/h9-11,16,18H,3-8,12-13H2,1-2H3,(H,22,24). The van der Waals surface area contributed by atoms with E-state index in [4.69, 9.17) is 4.74 Å². The van der Waals surface area contributed by atoms with Crippen molar-refractivity contribution in [2.45, 2.75) is 39.5 Å². The molecule has 1 N–H and O–H groups in total. The summed E-state index contributed by atoms with van der Waals surface area (Å²) in [6, 6.07) is 6.15. The second kappa shape index (κ2) is 6.69. The van der Waals surface area contributed by atoms with Gasteiger partial charge in [-0.05, 0) is 68.2 Å². The van der Waals surface area contributed by atoms with Gasteiger partial charge in [-0.3, -0.25) is 9.59 Å². The van der Waals surface area contributed by atoms with Crippen LogP contribution < -0.4 is 5.32 Å². The second-order valence-corrected chi connectivity index (χ2v) is 8.37. The van der Waals surface area contributed by atoms with Gasteiger partial charge in [0, 0.05) is 31.3 Å². The van der Waals surface area contributed by atoms with Crippen LogP contribution in [0.4, 0.5) is 5.69 Å². The molecule has 4 rings (SSSR count). The fraction of sp³-hybridized carbons (Fsp3) is 0.619. The number of nitrogens with one attached hydrogen (secondary N) is 1. The highest BCUT2D eigenvalue weighted by atomic mass is 16.5. The molecular formula is C21H28N2O3. The Bertz CT molecular complexity index is 696. The Morgan fingerprint density at radius 3 is 2.46 bits per heavy atom. The maximum atomic E-state index is 12.7. The molecule has 140 valence electrons. The highest BCUT2D eigenvalue weighted by Crippen LogP contribution is 2.59. The number of piperidine rings is 1. The smallest absolute Gasteiger partial charge is 0.228 e. The summed E-state index contributed by atoms with van der Waals surface area (Å²) in [5, 5.41) is 3.10. The third kappa shape index (κ3) is 3.37. The Kier molecular flexibility index (Phi) is 4.51. The molecular weight excluding hydrogens is 328 g/mol. The number of hydrogen-bond acceptors (Lipinski definition) is 3. The minimum absolute atomic E-state index is 0.0481. The van der Waals surface area contributed by atoms with Gasteiger partial charge in [-0.15, -0.1) is 0 Å². The number of benzene rings is 1. The van der Waals surface area contributed by atoms with Crippen molar-refractivity contribution in [3.63, 3.8) is 0 Å². The van der Waals surface area contributed by atoms with Crippen molar-refractivity contribution in [2.75, 3.05) is 31.6 Å². The number of carbonyl (C=O) groups is 2. The average Bonchev–Trinajstić information content (AvgIpc) is 3.04. The molecule has 3 fully saturated rings. The van der Waals surface area contributed by atoms with Crippen LogP contribution in [0.3, 0.4) is 0 Å². The van der Waals surface area contributed by atoms with Crippen molar-refractivity contribution in [1.82, 2.24) is 4.90 Å². The fourth-order valence-corrected chi connectivity index (χ4v) is 4.71. The number of rotatable bonds is 3. The van der Waals surface area contributed by atoms with E-state index in [0.29, 0.717) is 13.2 Å². The first-order valence-electron chi connectivity index (χ1n) is 9.73. The summed E-state index contributed by atoms with van der Waals surface area (Å²) < 4.78 is 5.34. The maximum absolute atomic E-state index is 12.7. The van der Waals surface area contributed by atoms with Crippen molar-refractivity contribution in [3.05, 3.63) is 29.3 Å². The largest absolute Gasteiger partial charge is 0.381 e. The lowest BCUT2D eigenvalue weighted by molar-refractivity contribution is -0.137. The van der Waals surface area contributed by atoms with Gasteiger partial charge in [-0.1, -0.05) is 6.07 Å². The van der Waals surface area contributed by atoms with Crippen molar-refractivity contribution >= 4 is 17.5 Å². The van der Waals surface area contributed by atoms with Gasteiger partial charge in [0.2, 0.25) is 11.8 Å². The first-order valence-corrected chi connectivity index (χ1v) is 9.73. The minimum atomic E-state index is 0.0481. The molecule has 26 heavy (non-hydrogen) atoms. The van der Waals surface area contributed by atoms with Gasteiger partial charge in [0.1, 0.15) is 0 Å². The fourth-order valence-electron chi connectivity index (χ4n) is 4.71. The van der Waals surface area contributed by atoms with E-state index in [9.17, 15) is 9.59 Å². The van der Waals surface area contributed by atoms with E-state index in [1.165, 1.54) is 0 Å². The van der Waals surface area contributed by atoms with Crippen LogP contribution in [0.15, 0.2) is 18.2 Å². The molecule has 2 unspecified atom stereocenters. The Labute approximate surface area is 155 Å². The van der Waals surface area contributed by atoms with Crippen LogP contribution >= 0.6 is 0 Å². The molecule has 1 aliphatic carbocycles. The molecule has 2 aliphatic heterocycles. The lowest BCUT2D eigenvalue weighted by atomic mass is 9.89. The molecule has 5 heteroatoms. The molecule has 0 bridgehead atoms. The highest BCUT2D eigenvalue weighted by molar-refractivity contribution is 5.95. The number of hydrogen-bond donors (Lipinski definition) is 1. The predicted molar refractivity (Wildman–Crippen MR) is 99.8 cm³/mol. The van der Waals surface area contributed by atoms with Gasteiger partial charge in [-0.2, -0.15) is 0 Å². The van der Waals surface area contributed by atoms with Crippen molar-refractivity contribution < 1.29 is 14.3 Å². The van der Waals surface area contributed by atoms with Gasteiger partial charge in [0.05, 0.1) is 12.5 Å². The van der Waals surface area contributed by atoms with Crippen LogP contribution in [-0.4, -0.2) is 43.0 Å². The molecule has 0 aromatic heterocycles. The van der Waals surface area contributed by atoms with Crippen LogP contribution in [0.25, 0.3) is 0 Å². The number of nitrogens with zero attached hydrogens (tertiary/aromatic N) is 1. The monoisotopic (exact) mass is 356 g/mol. The molecule has 3 aliphatic rings. The van der Waals surface area contributed by atoms with Crippen molar-refractivity contribution in [1.29, 1.82) is 0 Å². The summed E-state index contributed by atoms with van der Waals surface area (Å²) in [6.07, 6.45) is 3.69. The summed E-state index contributed by atoms with van der Waals surface area (Å²) in [7, 11) is 0. The first-order chi connectivity index (χ1) is 12.5. The van der Waals surface area contributed by atoms with Crippen molar-refractivity contribution in [2.24, 2.45) is 17.3 Å². The Morgan fingerprint density at radius 2 is 1.85 bits per heavy atom. The summed E-state index contributed by atoms with van der Waals surface area (Å²) in [5.41, 5.74) is 3.33. The number of likely N-dealkylation sites (tertiary alicyclic amines) is 1. The van der Waals surface area contributed by atoms with E-state index < -0.39 is 0 Å². The van der Waals surface area contributed by atoms with Crippen LogP contribution in [0.2, 0.25) is 0 Å². The van der Waals surface area contributed by atoms with Crippen LogP contribution in [0, 0.1) is 31.1 Å². The molecule has 2 amide bonds. The van der Waals surface area contributed by atoms with E-state index in [2.05, 4.69) is 11.4 Å². The van der Waals surface area contributed by atoms with E-state index in [1.807, 2.05) is 30.9 Å². The zero-order valence-electron chi connectivity index (χ0n) is 15.7. The summed E-state index contributed by atoms with van der Waals surface area (Å²) in [6.45, 7) is 6.92. The minimum Gasteiger partial charge on any atom is -0.381 e. The Morgan fingerprint density at radius 1 is 1.15 bits per heavy atom. The van der Waals surface area contributed by atoms with E-state index in [-0.39, 0.29) is 29.1 Å². The molecule has 1 spiro atoms. The molecule has 2 saturated heterocycles. The zero-order valence-corrected chi connectivity index (χ0v) is 15.7. The summed E-state index contributed by atoms with van der Waals surface area (Å²) >= 11 is 0.